The Bertz CT molecular complexity index is 1930. The fraction of sp³-hybridized carbons (Fsp3) is 0.100. The van der Waals surface area contributed by atoms with Crippen LogP contribution in [-0.2, 0) is 9.59 Å². The van der Waals surface area contributed by atoms with Gasteiger partial charge in [-0.1, -0.05) is 17.7 Å². The summed E-state index contributed by atoms with van der Waals surface area (Å²) in [6, 6.07) is 15.3. The number of hydrogen-bond donors (Lipinski definition) is 1. The first-order valence-electron chi connectivity index (χ1n) is 12.9. The molecule has 44 heavy (non-hydrogen) atoms. The summed E-state index contributed by atoms with van der Waals surface area (Å²) in [5.74, 6) is -1.54. The molecule has 1 fully saturated rings. The Hall–Kier alpha value is -5.82. The molecule has 1 saturated heterocycles. The number of hydrogen-bond acceptors (Lipinski definition) is 8. The molecule has 0 radical (unpaired) electrons. The van der Waals surface area contributed by atoms with Gasteiger partial charge in [-0.05, 0) is 86.5 Å². The number of urea groups is 1. The molecule has 14 heteroatoms. The number of nitrogens with zero attached hydrogens (tertiary/aromatic N) is 4. The van der Waals surface area contributed by atoms with Crippen molar-refractivity contribution in [1.29, 1.82) is 0 Å². The minimum atomic E-state index is -0.880. The predicted molar refractivity (Wildman–Crippen MR) is 160 cm³/mol. The van der Waals surface area contributed by atoms with E-state index in [1.165, 1.54) is 6.08 Å². The first kappa shape index (κ1) is 29.7. The summed E-state index contributed by atoms with van der Waals surface area (Å²) in [6.45, 7) is 5.28. The smallest absolute Gasteiger partial charge is 0.335 e. The van der Waals surface area contributed by atoms with Crippen LogP contribution >= 0.6 is 11.6 Å². The van der Waals surface area contributed by atoms with E-state index >= 15 is 0 Å². The highest BCUT2D eigenvalue weighted by Gasteiger charge is 2.38. The van der Waals surface area contributed by atoms with Crippen LogP contribution in [0.25, 0.3) is 11.8 Å². The van der Waals surface area contributed by atoms with Crippen molar-refractivity contribution >= 4 is 52.6 Å². The van der Waals surface area contributed by atoms with Crippen LogP contribution in [0, 0.1) is 41.0 Å². The first-order chi connectivity index (χ1) is 20.9. The lowest BCUT2D eigenvalue weighted by molar-refractivity contribution is -0.394. The Kier molecular flexibility index (Phi) is 7.72. The Balaban J connectivity index is 1.44. The third-order valence-electron chi connectivity index (χ3n) is 7.02. The number of aromatic nitrogens is 1. The van der Waals surface area contributed by atoms with E-state index in [9.17, 15) is 34.6 Å². The lowest BCUT2D eigenvalue weighted by Crippen LogP contribution is -2.54. The minimum Gasteiger partial charge on any atom is -0.450 e. The minimum absolute atomic E-state index is 0.161. The molecule has 4 aromatic rings. The van der Waals surface area contributed by atoms with E-state index in [-0.39, 0.29) is 22.8 Å². The zero-order chi connectivity index (χ0) is 31.9. The van der Waals surface area contributed by atoms with Gasteiger partial charge in [-0.15, -0.1) is 0 Å². The molecule has 0 aliphatic carbocycles. The number of anilines is 1. The van der Waals surface area contributed by atoms with Gasteiger partial charge in [0.25, 0.3) is 17.5 Å². The predicted octanol–water partition coefficient (Wildman–Crippen LogP) is 6.33. The number of aryl methyl sites for hydroxylation is 1. The van der Waals surface area contributed by atoms with Crippen LogP contribution in [0.2, 0.25) is 5.02 Å². The maximum Gasteiger partial charge on any atom is 0.335 e. The van der Waals surface area contributed by atoms with Gasteiger partial charge in [0.2, 0.25) is 5.75 Å². The highest BCUT2D eigenvalue weighted by molar-refractivity contribution is 6.40. The molecule has 2 heterocycles. The van der Waals surface area contributed by atoms with Gasteiger partial charge < -0.3 is 9.30 Å². The number of carbonyl (C=O) groups excluding carboxylic acids is 3. The quantitative estimate of drug-likeness (QED) is 0.109. The summed E-state index contributed by atoms with van der Waals surface area (Å²) in [5.41, 5.74) is 2.21. The van der Waals surface area contributed by atoms with Crippen molar-refractivity contribution in [3.8, 4) is 17.2 Å². The van der Waals surface area contributed by atoms with Crippen molar-refractivity contribution in [2.45, 2.75) is 20.8 Å². The summed E-state index contributed by atoms with van der Waals surface area (Å²) in [5, 5.41) is 25.0. The average molecular weight is 616 g/mol. The largest absolute Gasteiger partial charge is 0.450 e. The van der Waals surface area contributed by atoms with Crippen LogP contribution < -0.4 is 15.0 Å². The van der Waals surface area contributed by atoms with Crippen LogP contribution in [0.1, 0.15) is 22.5 Å². The van der Waals surface area contributed by atoms with Gasteiger partial charge in [-0.25, -0.2) is 9.69 Å². The number of nitro benzene ring substituents is 2. The van der Waals surface area contributed by atoms with Crippen molar-refractivity contribution in [3.05, 3.63) is 120 Å². The molecule has 0 saturated carbocycles. The number of imide groups is 2. The van der Waals surface area contributed by atoms with Gasteiger partial charge in [-0.2, -0.15) is 0 Å². The van der Waals surface area contributed by atoms with Crippen molar-refractivity contribution in [2.75, 3.05) is 4.90 Å². The van der Waals surface area contributed by atoms with Crippen LogP contribution in [0.5, 0.6) is 11.5 Å². The second-order valence-electron chi connectivity index (χ2n) is 9.77. The van der Waals surface area contributed by atoms with Crippen molar-refractivity contribution in [1.82, 2.24) is 9.88 Å². The molecule has 0 atom stereocenters. The topological polar surface area (TPSA) is 167 Å². The summed E-state index contributed by atoms with van der Waals surface area (Å²) in [6.07, 6.45) is 1.42. The normalized spacial score (nSPS) is 14.1. The zero-order valence-electron chi connectivity index (χ0n) is 23.4. The number of rotatable bonds is 7. The summed E-state index contributed by atoms with van der Waals surface area (Å²) < 4.78 is 7.51. The number of halogens is 1. The monoisotopic (exact) mass is 615 g/mol. The number of nitro groups is 2. The lowest BCUT2D eigenvalue weighted by Gasteiger charge is -2.27. The Labute approximate surface area is 254 Å². The molecule has 0 unspecified atom stereocenters. The maximum absolute atomic E-state index is 13.4. The number of barbiturate groups is 1. The molecule has 1 aliphatic rings. The third kappa shape index (κ3) is 5.39. The SMILES string of the molecule is Cc1c(Cl)cccc1N1C(=O)NC(=O)/C(=C\c2cc(C)n(-c3ccc(Oc4ccc([N+](=O)[O-])cc4[N+](=O)[O-])cc3)c2C)C1=O. The fourth-order valence-corrected chi connectivity index (χ4v) is 5.01. The zero-order valence-corrected chi connectivity index (χ0v) is 24.1. The summed E-state index contributed by atoms with van der Waals surface area (Å²) >= 11 is 6.20. The van der Waals surface area contributed by atoms with E-state index in [4.69, 9.17) is 16.3 Å². The molecular formula is C30H22ClN5O8. The van der Waals surface area contributed by atoms with E-state index in [0.717, 1.165) is 28.8 Å². The van der Waals surface area contributed by atoms with Crippen molar-refractivity contribution in [3.63, 3.8) is 0 Å². The Morgan fingerprint density at radius 3 is 2.27 bits per heavy atom. The Morgan fingerprint density at radius 1 is 0.909 bits per heavy atom. The van der Waals surface area contributed by atoms with Gasteiger partial charge in [-0.3, -0.25) is 35.1 Å². The molecule has 0 spiro atoms. The number of benzene rings is 3. The average Bonchev–Trinajstić information content (AvgIpc) is 3.25. The molecule has 4 amide bonds. The maximum atomic E-state index is 13.4. The van der Waals surface area contributed by atoms with Gasteiger partial charge in [0.05, 0.1) is 21.6 Å². The van der Waals surface area contributed by atoms with E-state index in [1.54, 1.807) is 62.4 Å². The molecule has 1 aromatic heterocycles. The van der Waals surface area contributed by atoms with Crippen LogP contribution in [0.3, 0.4) is 0 Å². The highest BCUT2D eigenvalue weighted by Crippen LogP contribution is 2.35. The highest BCUT2D eigenvalue weighted by atomic mass is 35.5. The summed E-state index contributed by atoms with van der Waals surface area (Å²) in [7, 11) is 0. The Morgan fingerprint density at radius 2 is 1.61 bits per heavy atom. The van der Waals surface area contributed by atoms with Gasteiger partial charge in [0, 0.05) is 28.2 Å². The third-order valence-corrected chi connectivity index (χ3v) is 7.43. The first-order valence-corrected chi connectivity index (χ1v) is 13.3. The second kappa shape index (κ2) is 11.5. The number of amides is 4. The fourth-order valence-electron chi connectivity index (χ4n) is 4.84. The van der Waals surface area contributed by atoms with Crippen molar-refractivity contribution in [2.24, 2.45) is 0 Å². The van der Waals surface area contributed by atoms with E-state index in [2.05, 4.69) is 5.32 Å². The van der Waals surface area contributed by atoms with Gasteiger partial charge in [0.15, 0.2) is 0 Å². The molecule has 1 aliphatic heterocycles. The number of non-ortho nitro benzene ring substituents is 1. The number of carbonyl (C=O) groups is 3. The van der Waals surface area contributed by atoms with Crippen LogP contribution in [0.15, 0.2) is 72.3 Å². The molecule has 5 rings (SSSR count). The van der Waals surface area contributed by atoms with Gasteiger partial charge >= 0.3 is 11.7 Å². The molecule has 13 nitrogen and oxygen atoms in total. The van der Waals surface area contributed by atoms with E-state index in [0.29, 0.717) is 27.5 Å². The van der Waals surface area contributed by atoms with E-state index < -0.39 is 39.1 Å². The standard InChI is InChI=1S/C30H22ClN5O8/c1-16-13-19(14-23-28(37)32-30(39)34(29(23)38)25-6-4-5-24(31)17(25)2)18(3)33(16)20-7-10-22(11-8-20)44-27-12-9-21(35(40)41)15-26(27)36(42)43/h4-15H,1-3H3,(H,32,37,39)/b23-14+. The molecule has 3 aromatic carbocycles. The van der Waals surface area contributed by atoms with E-state index in [1.807, 2.05) is 11.5 Å². The lowest BCUT2D eigenvalue weighted by atomic mass is 10.1. The van der Waals surface area contributed by atoms with Crippen LogP contribution in [-0.4, -0.2) is 32.3 Å². The van der Waals surface area contributed by atoms with Crippen LogP contribution in [0.4, 0.5) is 21.9 Å². The van der Waals surface area contributed by atoms with Gasteiger partial charge in [0.1, 0.15) is 11.3 Å². The molecule has 0 bridgehead atoms. The number of nitrogens with one attached hydrogen (secondary N) is 1. The summed E-state index contributed by atoms with van der Waals surface area (Å²) in [4.78, 5) is 60.7. The molecule has 1 N–H and O–H groups in total. The molecular weight excluding hydrogens is 594 g/mol. The second-order valence-corrected chi connectivity index (χ2v) is 10.2. The number of ether oxygens (including phenoxy) is 1. The molecule has 222 valence electrons. The van der Waals surface area contributed by atoms with Crippen molar-refractivity contribution < 1.29 is 29.0 Å².